The van der Waals surface area contributed by atoms with Gasteiger partial charge in [0.05, 0.1) is 12.0 Å². The molecule has 84 valence electrons. The maximum atomic E-state index is 8.85. The zero-order valence-electron chi connectivity index (χ0n) is 9.58. The topological polar surface area (TPSA) is 39.1 Å². The molecule has 1 heterocycles. The summed E-state index contributed by atoms with van der Waals surface area (Å²) in [5, 5.41) is 12.4. The Bertz CT molecular complexity index is 236. The number of hydrogen-bond donors (Lipinski definition) is 1. The van der Waals surface area contributed by atoms with Crippen LogP contribution in [0.4, 0.5) is 0 Å². The molecule has 3 heteroatoms. The third-order valence-electron chi connectivity index (χ3n) is 3.41. The van der Waals surface area contributed by atoms with Crippen LogP contribution in [0, 0.1) is 17.2 Å². The number of hydrogen-bond acceptors (Lipinski definition) is 3. The highest BCUT2D eigenvalue weighted by atomic mass is 15.2. The van der Waals surface area contributed by atoms with E-state index in [1.54, 1.807) is 0 Å². The molecule has 0 aromatic rings. The molecule has 1 aliphatic heterocycles. The first-order valence-corrected chi connectivity index (χ1v) is 6.16. The molecule has 2 unspecified atom stereocenters. The van der Waals surface area contributed by atoms with Crippen molar-refractivity contribution >= 4 is 0 Å². The van der Waals surface area contributed by atoms with Crippen LogP contribution in [-0.2, 0) is 0 Å². The lowest BCUT2D eigenvalue weighted by Gasteiger charge is -2.26. The molecule has 2 aliphatic rings. The summed E-state index contributed by atoms with van der Waals surface area (Å²) >= 11 is 0. The minimum Gasteiger partial charge on any atom is -0.313 e. The Morgan fingerprint density at radius 3 is 2.80 bits per heavy atom. The average Bonchev–Trinajstić information content (AvgIpc) is 2.97. The van der Waals surface area contributed by atoms with E-state index < -0.39 is 0 Å². The van der Waals surface area contributed by atoms with Gasteiger partial charge in [-0.2, -0.15) is 5.26 Å². The van der Waals surface area contributed by atoms with Crippen LogP contribution in [-0.4, -0.2) is 36.6 Å². The summed E-state index contributed by atoms with van der Waals surface area (Å²) in [6.07, 6.45) is 5.30. The summed E-state index contributed by atoms with van der Waals surface area (Å²) in [6, 6.07) is 3.80. The van der Waals surface area contributed by atoms with Crippen molar-refractivity contribution in [3.8, 4) is 6.07 Å². The molecule has 0 aromatic carbocycles. The molecule has 1 saturated carbocycles. The minimum atomic E-state index is 0.173. The van der Waals surface area contributed by atoms with Gasteiger partial charge in [0.2, 0.25) is 0 Å². The second-order valence-corrected chi connectivity index (χ2v) is 5.01. The molecule has 2 fully saturated rings. The minimum absolute atomic E-state index is 0.173. The molecule has 0 amide bonds. The predicted octanol–water partition coefficient (Wildman–Crippen LogP) is 1.36. The fraction of sp³-hybridized carbons (Fsp3) is 0.917. The summed E-state index contributed by atoms with van der Waals surface area (Å²) in [5.41, 5.74) is 0. The highest BCUT2D eigenvalue weighted by Crippen LogP contribution is 2.28. The highest BCUT2D eigenvalue weighted by Gasteiger charge is 2.31. The Hall–Kier alpha value is -0.590. The normalized spacial score (nSPS) is 27.9. The van der Waals surface area contributed by atoms with Crippen molar-refractivity contribution in [3.63, 3.8) is 0 Å². The van der Waals surface area contributed by atoms with Crippen molar-refractivity contribution < 1.29 is 0 Å². The summed E-state index contributed by atoms with van der Waals surface area (Å²) in [4.78, 5) is 2.52. The number of nitriles is 1. The Labute approximate surface area is 92.4 Å². The zero-order chi connectivity index (χ0) is 10.7. The van der Waals surface area contributed by atoms with E-state index in [2.05, 4.69) is 16.3 Å². The molecule has 15 heavy (non-hydrogen) atoms. The van der Waals surface area contributed by atoms with Crippen LogP contribution in [0.25, 0.3) is 0 Å². The van der Waals surface area contributed by atoms with E-state index in [0.717, 1.165) is 19.1 Å². The van der Waals surface area contributed by atoms with E-state index in [0.29, 0.717) is 6.04 Å². The molecule has 1 N–H and O–H groups in total. The second kappa shape index (κ2) is 4.96. The fourth-order valence-electron chi connectivity index (χ4n) is 2.40. The van der Waals surface area contributed by atoms with Crippen LogP contribution < -0.4 is 5.32 Å². The molecule has 2 rings (SSSR count). The lowest BCUT2D eigenvalue weighted by molar-refractivity contribution is 0.224. The molecule has 1 aliphatic carbocycles. The Morgan fingerprint density at radius 2 is 2.27 bits per heavy atom. The number of nitrogens with one attached hydrogen (secondary N) is 1. The maximum absolute atomic E-state index is 8.85. The molecule has 2 atom stereocenters. The lowest BCUT2D eigenvalue weighted by atomic mass is 10.1. The smallest absolute Gasteiger partial charge is 0.0666 e. The van der Waals surface area contributed by atoms with E-state index in [-0.39, 0.29) is 5.92 Å². The molecule has 0 radical (unpaired) electrons. The Morgan fingerprint density at radius 1 is 1.47 bits per heavy atom. The quantitative estimate of drug-likeness (QED) is 0.740. The van der Waals surface area contributed by atoms with E-state index in [1.807, 2.05) is 6.92 Å². The molecule has 0 aromatic heterocycles. The molecule has 3 nitrogen and oxygen atoms in total. The summed E-state index contributed by atoms with van der Waals surface area (Å²) in [7, 11) is 0. The average molecular weight is 207 g/mol. The Balaban J connectivity index is 1.80. The van der Waals surface area contributed by atoms with E-state index in [9.17, 15) is 0 Å². The van der Waals surface area contributed by atoms with Gasteiger partial charge in [-0.05, 0) is 39.2 Å². The van der Waals surface area contributed by atoms with E-state index in [4.69, 9.17) is 5.26 Å². The van der Waals surface area contributed by atoms with Gasteiger partial charge < -0.3 is 5.32 Å². The van der Waals surface area contributed by atoms with E-state index in [1.165, 1.54) is 32.2 Å². The van der Waals surface area contributed by atoms with Gasteiger partial charge in [0.15, 0.2) is 0 Å². The van der Waals surface area contributed by atoms with Gasteiger partial charge in [0.25, 0.3) is 0 Å². The van der Waals surface area contributed by atoms with Gasteiger partial charge in [-0.3, -0.25) is 4.90 Å². The van der Waals surface area contributed by atoms with Crippen LogP contribution in [0.1, 0.15) is 32.6 Å². The largest absolute Gasteiger partial charge is 0.313 e. The monoisotopic (exact) mass is 207 g/mol. The van der Waals surface area contributed by atoms with Crippen LogP contribution in [0.2, 0.25) is 0 Å². The van der Waals surface area contributed by atoms with Crippen LogP contribution >= 0.6 is 0 Å². The van der Waals surface area contributed by atoms with Crippen molar-refractivity contribution in [3.05, 3.63) is 0 Å². The zero-order valence-corrected chi connectivity index (χ0v) is 9.58. The van der Waals surface area contributed by atoms with Gasteiger partial charge in [-0.15, -0.1) is 0 Å². The Kier molecular flexibility index (Phi) is 3.61. The van der Waals surface area contributed by atoms with Gasteiger partial charge in [-0.25, -0.2) is 0 Å². The summed E-state index contributed by atoms with van der Waals surface area (Å²) in [6.45, 7) is 5.31. The third-order valence-corrected chi connectivity index (χ3v) is 3.41. The highest BCUT2D eigenvalue weighted by molar-refractivity contribution is 4.92. The van der Waals surface area contributed by atoms with Gasteiger partial charge in [0, 0.05) is 25.2 Å². The standard InChI is InChI=1S/C12H21N3/c1-10(7-13)8-15(12-4-5-12)9-11-3-2-6-14-11/h10-12,14H,2-6,8-9H2,1H3. The molecular weight excluding hydrogens is 186 g/mol. The van der Waals surface area contributed by atoms with Crippen molar-refractivity contribution in [2.75, 3.05) is 19.6 Å². The van der Waals surface area contributed by atoms with Crippen molar-refractivity contribution in [1.82, 2.24) is 10.2 Å². The van der Waals surface area contributed by atoms with E-state index >= 15 is 0 Å². The van der Waals surface area contributed by atoms with Gasteiger partial charge >= 0.3 is 0 Å². The van der Waals surface area contributed by atoms with Crippen LogP contribution in [0.5, 0.6) is 0 Å². The number of rotatable bonds is 5. The predicted molar refractivity (Wildman–Crippen MR) is 60.4 cm³/mol. The van der Waals surface area contributed by atoms with Crippen LogP contribution in [0.3, 0.4) is 0 Å². The number of nitrogens with zero attached hydrogens (tertiary/aromatic N) is 2. The molecule has 0 bridgehead atoms. The molecule has 0 spiro atoms. The first-order chi connectivity index (χ1) is 7.29. The van der Waals surface area contributed by atoms with Crippen molar-refractivity contribution in [2.45, 2.75) is 44.7 Å². The first kappa shape index (κ1) is 10.9. The lowest BCUT2D eigenvalue weighted by Crippen LogP contribution is -2.40. The van der Waals surface area contributed by atoms with Gasteiger partial charge in [0.1, 0.15) is 0 Å². The third kappa shape index (κ3) is 3.19. The van der Waals surface area contributed by atoms with Gasteiger partial charge in [-0.1, -0.05) is 0 Å². The second-order valence-electron chi connectivity index (χ2n) is 5.01. The maximum Gasteiger partial charge on any atom is 0.0666 e. The molecular formula is C12H21N3. The van der Waals surface area contributed by atoms with Crippen LogP contribution in [0.15, 0.2) is 0 Å². The summed E-state index contributed by atoms with van der Waals surface area (Å²) < 4.78 is 0. The van der Waals surface area contributed by atoms with Crippen molar-refractivity contribution in [2.24, 2.45) is 5.92 Å². The summed E-state index contributed by atoms with van der Waals surface area (Å²) in [5.74, 6) is 0.173. The first-order valence-electron chi connectivity index (χ1n) is 6.16. The SMILES string of the molecule is CC(C#N)CN(CC1CCCN1)C1CC1. The van der Waals surface area contributed by atoms with Crippen molar-refractivity contribution in [1.29, 1.82) is 5.26 Å². The molecule has 1 saturated heterocycles. The fourth-order valence-corrected chi connectivity index (χ4v) is 2.40.